The summed E-state index contributed by atoms with van der Waals surface area (Å²) >= 11 is 0. The first-order valence-electron chi connectivity index (χ1n) is 10.2. The summed E-state index contributed by atoms with van der Waals surface area (Å²) < 4.78 is 32.4. The fourth-order valence-electron chi connectivity index (χ4n) is 3.44. The molecule has 1 saturated heterocycles. The van der Waals surface area contributed by atoms with Crippen molar-refractivity contribution in [2.75, 3.05) is 11.9 Å². The minimum Gasteiger partial charge on any atom is -0.468 e. The van der Waals surface area contributed by atoms with Crippen LogP contribution in [0.5, 0.6) is 0 Å². The number of likely N-dealkylation sites (tertiary alicyclic amines) is 1. The molecule has 0 bridgehead atoms. The molecule has 2 N–H and O–H groups in total. The largest absolute Gasteiger partial charge is 0.468 e. The number of nitrogens with zero attached hydrogens (tertiary/aromatic N) is 1. The van der Waals surface area contributed by atoms with E-state index in [0.29, 0.717) is 30.0 Å². The van der Waals surface area contributed by atoms with E-state index in [9.17, 15) is 18.0 Å². The lowest BCUT2D eigenvalue weighted by Crippen LogP contribution is -2.23. The van der Waals surface area contributed by atoms with Crippen molar-refractivity contribution in [1.29, 1.82) is 0 Å². The molecule has 1 fully saturated rings. The van der Waals surface area contributed by atoms with E-state index < -0.39 is 10.0 Å². The second-order valence-electron chi connectivity index (χ2n) is 7.50. The molecular weight excluding hydrogens is 430 g/mol. The minimum absolute atomic E-state index is 0.0513. The molecule has 9 heteroatoms. The summed E-state index contributed by atoms with van der Waals surface area (Å²) in [6.45, 7) is 1.37. The van der Waals surface area contributed by atoms with Crippen molar-refractivity contribution in [2.45, 2.75) is 30.8 Å². The van der Waals surface area contributed by atoms with E-state index >= 15 is 0 Å². The van der Waals surface area contributed by atoms with Gasteiger partial charge in [-0.3, -0.25) is 9.59 Å². The molecule has 2 amide bonds. The zero-order chi connectivity index (χ0) is 22.6. The van der Waals surface area contributed by atoms with Gasteiger partial charge in [0.05, 0.1) is 17.7 Å². The number of hydrogen-bond donors (Lipinski definition) is 2. The summed E-state index contributed by atoms with van der Waals surface area (Å²) in [5, 5.41) is 2.76. The lowest BCUT2D eigenvalue weighted by Gasteiger charge is -2.15. The van der Waals surface area contributed by atoms with E-state index in [0.717, 1.165) is 18.5 Å². The number of benzene rings is 2. The predicted molar refractivity (Wildman–Crippen MR) is 118 cm³/mol. The van der Waals surface area contributed by atoms with Crippen molar-refractivity contribution in [1.82, 2.24) is 9.62 Å². The molecule has 1 aliphatic heterocycles. The van der Waals surface area contributed by atoms with Gasteiger partial charge in [-0.05, 0) is 60.5 Å². The number of anilines is 1. The maximum absolute atomic E-state index is 12.5. The van der Waals surface area contributed by atoms with Crippen molar-refractivity contribution in [3.8, 4) is 0 Å². The number of carbonyl (C=O) groups is 2. The van der Waals surface area contributed by atoms with Gasteiger partial charge in [0.25, 0.3) is 5.91 Å². The number of rotatable bonds is 8. The summed E-state index contributed by atoms with van der Waals surface area (Å²) in [5.74, 6) is 0.365. The predicted octanol–water partition coefficient (Wildman–Crippen LogP) is 3.13. The molecule has 0 radical (unpaired) electrons. The molecule has 2 aromatic carbocycles. The molecule has 8 nitrogen and oxygen atoms in total. The Bertz CT molecular complexity index is 1190. The molecule has 166 valence electrons. The monoisotopic (exact) mass is 453 g/mol. The van der Waals surface area contributed by atoms with E-state index in [1.807, 2.05) is 17.0 Å². The Morgan fingerprint density at radius 1 is 1.03 bits per heavy atom. The molecule has 0 spiro atoms. The zero-order valence-corrected chi connectivity index (χ0v) is 18.1. The van der Waals surface area contributed by atoms with Gasteiger partial charge in [0.1, 0.15) is 5.76 Å². The van der Waals surface area contributed by atoms with Crippen LogP contribution in [0, 0.1) is 0 Å². The Morgan fingerprint density at radius 3 is 2.41 bits per heavy atom. The smallest absolute Gasteiger partial charge is 0.255 e. The third-order valence-electron chi connectivity index (χ3n) is 5.20. The van der Waals surface area contributed by atoms with Crippen LogP contribution in [0.1, 0.15) is 34.5 Å². The molecule has 0 atom stereocenters. The van der Waals surface area contributed by atoms with Gasteiger partial charge in [0.2, 0.25) is 15.9 Å². The quantitative estimate of drug-likeness (QED) is 0.545. The Hall–Kier alpha value is -3.43. The zero-order valence-electron chi connectivity index (χ0n) is 17.3. The maximum Gasteiger partial charge on any atom is 0.255 e. The van der Waals surface area contributed by atoms with Crippen LogP contribution in [-0.4, -0.2) is 31.7 Å². The molecule has 32 heavy (non-hydrogen) atoms. The Morgan fingerprint density at radius 2 is 1.78 bits per heavy atom. The van der Waals surface area contributed by atoms with Crippen LogP contribution in [0.25, 0.3) is 0 Å². The Labute approximate surface area is 186 Å². The summed E-state index contributed by atoms with van der Waals surface area (Å²) in [4.78, 5) is 26.2. The van der Waals surface area contributed by atoms with E-state index in [2.05, 4.69) is 10.0 Å². The van der Waals surface area contributed by atoms with Gasteiger partial charge < -0.3 is 14.6 Å². The summed E-state index contributed by atoms with van der Waals surface area (Å²) in [6, 6.07) is 16.4. The third kappa shape index (κ3) is 5.24. The van der Waals surface area contributed by atoms with Gasteiger partial charge in [-0.1, -0.05) is 12.1 Å². The van der Waals surface area contributed by atoms with Crippen molar-refractivity contribution in [2.24, 2.45) is 0 Å². The van der Waals surface area contributed by atoms with Crippen molar-refractivity contribution < 1.29 is 22.4 Å². The van der Waals surface area contributed by atoms with Crippen molar-refractivity contribution in [3.05, 3.63) is 83.8 Å². The highest BCUT2D eigenvalue weighted by Gasteiger charge is 2.20. The average Bonchev–Trinajstić information content (AvgIpc) is 3.45. The molecule has 1 aliphatic rings. The van der Waals surface area contributed by atoms with E-state index in [1.165, 1.54) is 30.5 Å². The molecule has 3 aromatic rings. The van der Waals surface area contributed by atoms with Crippen LogP contribution in [0.2, 0.25) is 0 Å². The number of nitrogens with one attached hydrogen (secondary N) is 2. The first-order valence-corrected chi connectivity index (χ1v) is 11.7. The fourth-order valence-corrected chi connectivity index (χ4v) is 4.43. The number of amides is 2. The number of hydrogen-bond acceptors (Lipinski definition) is 5. The number of carbonyl (C=O) groups excluding carboxylic acids is 2. The van der Waals surface area contributed by atoms with Crippen LogP contribution in [0.3, 0.4) is 0 Å². The van der Waals surface area contributed by atoms with Crippen LogP contribution >= 0.6 is 0 Å². The topological polar surface area (TPSA) is 109 Å². The highest BCUT2D eigenvalue weighted by atomic mass is 32.2. The van der Waals surface area contributed by atoms with E-state index in [1.54, 1.807) is 24.3 Å². The summed E-state index contributed by atoms with van der Waals surface area (Å²) in [6.07, 6.45) is 2.96. The molecule has 0 aliphatic carbocycles. The normalized spacial score (nSPS) is 14.0. The Balaban J connectivity index is 1.34. The molecule has 0 saturated carbocycles. The van der Waals surface area contributed by atoms with Crippen molar-refractivity contribution in [3.63, 3.8) is 0 Å². The second kappa shape index (κ2) is 9.37. The Kier molecular flexibility index (Phi) is 6.38. The lowest BCUT2D eigenvalue weighted by atomic mass is 10.1. The first kappa shape index (κ1) is 21.8. The first-order chi connectivity index (χ1) is 15.4. The summed E-state index contributed by atoms with van der Waals surface area (Å²) in [7, 11) is -3.70. The lowest BCUT2D eigenvalue weighted by molar-refractivity contribution is -0.128. The van der Waals surface area contributed by atoms with E-state index in [-0.39, 0.29) is 23.3 Å². The van der Waals surface area contributed by atoms with Gasteiger partial charge in [-0.25, -0.2) is 13.1 Å². The molecule has 4 rings (SSSR count). The van der Waals surface area contributed by atoms with Crippen molar-refractivity contribution >= 4 is 27.5 Å². The van der Waals surface area contributed by atoms with Crippen LogP contribution in [-0.2, 0) is 27.9 Å². The van der Waals surface area contributed by atoms with Crippen LogP contribution in [0.15, 0.2) is 76.2 Å². The molecular formula is C23H23N3O5S. The van der Waals surface area contributed by atoms with Gasteiger partial charge in [-0.2, -0.15) is 0 Å². The second-order valence-corrected chi connectivity index (χ2v) is 9.27. The third-order valence-corrected chi connectivity index (χ3v) is 6.62. The molecule has 2 heterocycles. The highest BCUT2D eigenvalue weighted by Crippen LogP contribution is 2.17. The average molecular weight is 454 g/mol. The molecule has 1 aromatic heterocycles. The molecule has 0 unspecified atom stereocenters. The van der Waals surface area contributed by atoms with Gasteiger partial charge in [-0.15, -0.1) is 0 Å². The standard InChI is InChI=1S/C23H23N3O5S/c27-22-4-1-13-26(22)16-17-5-7-18(8-6-17)23(28)25-19-9-11-21(12-10-19)32(29,30)24-15-20-3-2-14-31-20/h2-3,5-12,14,24H,1,4,13,15-16H2,(H,25,28). The highest BCUT2D eigenvalue weighted by molar-refractivity contribution is 7.89. The fraction of sp³-hybridized carbons (Fsp3) is 0.217. The van der Waals surface area contributed by atoms with E-state index in [4.69, 9.17) is 4.42 Å². The maximum atomic E-state index is 12.5. The van der Waals surface area contributed by atoms with Gasteiger partial charge >= 0.3 is 0 Å². The summed E-state index contributed by atoms with van der Waals surface area (Å²) in [5.41, 5.74) is 1.92. The van der Waals surface area contributed by atoms with Crippen LogP contribution in [0.4, 0.5) is 5.69 Å². The van der Waals surface area contributed by atoms with Crippen LogP contribution < -0.4 is 10.0 Å². The van der Waals surface area contributed by atoms with Gasteiger partial charge in [0, 0.05) is 30.8 Å². The number of sulfonamides is 1. The number of furan rings is 1. The SMILES string of the molecule is O=C(Nc1ccc(S(=O)(=O)NCc2ccco2)cc1)c1ccc(CN2CCCC2=O)cc1. The van der Waals surface area contributed by atoms with Gasteiger partial charge in [0.15, 0.2) is 0 Å². The minimum atomic E-state index is -3.70.